The predicted octanol–water partition coefficient (Wildman–Crippen LogP) is 2.92. The van der Waals surface area contributed by atoms with Crippen molar-refractivity contribution in [3.8, 4) is 0 Å². The van der Waals surface area contributed by atoms with Crippen molar-refractivity contribution in [1.29, 1.82) is 0 Å². The molecule has 0 saturated heterocycles. The highest BCUT2D eigenvalue weighted by Crippen LogP contribution is 2.19. The van der Waals surface area contributed by atoms with Crippen LogP contribution in [0.2, 0.25) is 0 Å². The zero-order chi connectivity index (χ0) is 13.4. The summed E-state index contributed by atoms with van der Waals surface area (Å²) in [6.07, 6.45) is 4.47. The van der Waals surface area contributed by atoms with Crippen LogP contribution in [0.1, 0.15) is 51.8 Å². The van der Waals surface area contributed by atoms with Crippen molar-refractivity contribution >= 4 is 0 Å². The maximum atomic E-state index is 9.80. The van der Waals surface area contributed by atoms with Crippen molar-refractivity contribution in [2.24, 2.45) is 5.92 Å². The van der Waals surface area contributed by atoms with Crippen molar-refractivity contribution in [2.45, 2.75) is 52.2 Å². The van der Waals surface area contributed by atoms with Crippen LogP contribution in [0.3, 0.4) is 0 Å². The molecule has 2 unspecified atom stereocenters. The molecule has 0 bridgehead atoms. The molecule has 0 aliphatic heterocycles. The van der Waals surface area contributed by atoms with Crippen LogP contribution in [-0.4, -0.2) is 22.7 Å². The molecule has 0 fully saturated rings. The van der Waals surface area contributed by atoms with Crippen molar-refractivity contribution in [3.05, 3.63) is 30.1 Å². The second kappa shape index (κ2) is 8.22. The van der Waals surface area contributed by atoms with Crippen molar-refractivity contribution < 1.29 is 5.11 Å². The normalized spacial score (nSPS) is 14.7. The molecule has 0 aliphatic rings. The summed E-state index contributed by atoms with van der Waals surface area (Å²) in [5.41, 5.74) is 1.06. The lowest BCUT2D eigenvalue weighted by atomic mass is 10.0. The van der Waals surface area contributed by atoms with Gasteiger partial charge in [0, 0.05) is 18.8 Å². The third-order valence-electron chi connectivity index (χ3n) is 2.97. The van der Waals surface area contributed by atoms with E-state index in [2.05, 4.69) is 31.1 Å². The molecule has 0 spiro atoms. The number of aliphatic hydroxyl groups is 1. The Bertz CT molecular complexity index is 314. The van der Waals surface area contributed by atoms with E-state index in [1.807, 2.05) is 24.4 Å². The van der Waals surface area contributed by atoms with Crippen LogP contribution >= 0.6 is 0 Å². The zero-order valence-corrected chi connectivity index (χ0v) is 11.8. The third kappa shape index (κ3) is 5.61. The number of nitrogens with zero attached hydrogens (tertiary/aromatic N) is 1. The summed E-state index contributed by atoms with van der Waals surface area (Å²) in [6, 6.07) is 6.23. The molecule has 0 amide bonds. The Kier molecular flexibility index (Phi) is 6.91. The number of hydrogen-bond acceptors (Lipinski definition) is 3. The van der Waals surface area contributed by atoms with Gasteiger partial charge < -0.3 is 10.4 Å². The van der Waals surface area contributed by atoms with E-state index in [0.717, 1.165) is 25.0 Å². The Hall–Kier alpha value is -0.930. The van der Waals surface area contributed by atoms with Crippen LogP contribution in [0.5, 0.6) is 0 Å². The van der Waals surface area contributed by atoms with Gasteiger partial charge in [-0.05, 0) is 30.9 Å². The molecule has 0 aliphatic carbocycles. The van der Waals surface area contributed by atoms with E-state index in [-0.39, 0.29) is 12.1 Å². The summed E-state index contributed by atoms with van der Waals surface area (Å²) in [5.74, 6) is 0.604. The van der Waals surface area contributed by atoms with E-state index in [9.17, 15) is 5.11 Å². The van der Waals surface area contributed by atoms with Gasteiger partial charge in [0.05, 0.1) is 11.8 Å². The zero-order valence-electron chi connectivity index (χ0n) is 11.8. The van der Waals surface area contributed by atoms with E-state index < -0.39 is 0 Å². The molecular weight excluding hydrogens is 224 g/mol. The van der Waals surface area contributed by atoms with Gasteiger partial charge in [-0.3, -0.25) is 4.98 Å². The average Bonchev–Trinajstić information content (AvgIpc) is 2.35. The molecule has 0 saturated carbocycles. The number of rotatable bonds is 8. The fraction of sp³-hybridized carbons (Fsp3) is 0.667. The van der Waals surface area contributed by atoms with Gasteiger partial charge in [0.2, 0.25) is 0 Å². The lowest BCUT2D eigenvalue weighted by molar-refractivity contribution is 0.154. The quantitative estimate of drug-likeness (QED) is 0.745. The van der Waals surface area contributed by atoms with Crippen LogP contribution in [0.15, 0.2) is 24.4 Å². The molecule has 0 aromatic carbocycles. The van der Waals surface area contributed by atoms with Gasteiger partial charge in [0.15, 0.2) is 0 Å². The molecule has 3 heteroatoms. The van der Waals surface area contributed by atoms with Gasteiger partial charge in [0.25, 0.3) is 0 Å². The van der Waals surface area contributed by atoms with Gasteiger partial charge in [-0.25, -0.2) is 0 Å². The van der Waals surface area contributed by atoms with Gasteiger partial charge in [-0.15, -0.1) is 0 Å². The molecule has 1 heterocycles. The van der Waals surface area contributed by atoms with E-state index in [4.69, 9.17) is 0 Å². The second-order valence-electron chi connectivity index (χ2n) is 5.29. The largest absolute Gasteiger partial charge is 0.392 e. The highest BCUT2D eigenvalue weighted by molar-refractivity contribution is 5.08. The Morgan fingerprint density at radius 2 is 2.11 bits per heavy atom. The standard InChI is InChI=1S/C15H26N2O/c1-4-7-13(18)11-17-15(10-12(2)3)14-8-5-6-9-16-14/h5-6,8-9,12-13,15,17-18H,4,7,10-11H2,1-3H3. The molecule has 1 rings (SSSR count). The van der Waals surface area contributed by atoms with E-state index >= 15 is 0 Å². The molecule has 1 aromatic heterocycles. The lowest BCUT2D eigenvalue weighted by Gasteiger charge is -2.22. The van der Waals surface area contributed by atoms with Crippen LogP contribution in [0, 0.1) is 5.92 Å². The average molecular weight is 250 g/mol. The van der Waals surface area contributed by atoms with Gasteiger partial charge in [-0.1, -0.05) is 33.3 Å². The summed E-state index contributed by atoms with van der Waals surface area (Å²) in [7, 11) is 0. The summed E-state index contributed by atoms with van der Waals surface area (Å²) in [5, 5.41) is 13.2. The maximum Gasteiger partial charge on any atom is 0.0664 e. The first-order valence-electron chi connectivity index (χ1n) is 6.95. The maximum absolute atomic E-state index is 9.80. The van der Waals surface area contributed by atoms with E-state index in [1.54, 1.807) is 0 Å². The van der Waals surface area contributed by atoms with Gasteiger partial charge >= 0.3 is 0 Å². The monoisotopic (exact) mass is 250 g/mol. The Balaban J connectivity index is 2.56. The van der Waals surface area contributed by atoms with E-state index in [1.165, 1.54) is 0 Å². The number of pyridine rings is 1. The highest BCUT2D eigenvalue weighted by atomic mass is 16.3. The summed E-state index contributed by atoms with van der Waals surface area (Å²) in [6.45, 7) is 7.15. The Morgan fingerprint density at radius 1 is 1.33 bits per heavy atom. The topological polar surface area (TPSA) is 45.1 Å². The molecule has 18 heavy (non-hydrogen) atoms. The fourth-order valence-corrected chi connectivity index (χ4v) is 2.08. The number of hydrogen-bond donors (Lipinski definition) is 2. The fourth-order valence-electron chi connectivity index (χ4n) is 2.08. The molecule has 2 N–H and O–H groups in total. The van der Waals surface area contributed by atoms with Crippen LogP contribution in [0.25, 0.3) is 0 Å². The minimum absolute atomic E-state index is 0.234. The van der Waals surface area contributed by atoms with Crippen LogP contribution in [0.4, 0.5) is 0 Å². The summed E-state index contributed by atoms with van der Waals surface area (Å²) < 4.78 is 0. The molecule has 0 radical (unpaired) electrons. The number of aromatic nitrogens is 1. The summed E-state index contributed by atoms with van der Waals surface area (Å²) in [4.78, 5) is 4.41. The van der Waals surface area contributed by atoms with Crippen LogP contribution in [-0.2, 0) is 0 Å². The highest BCUT2D eigenvalue weighted by Gasteiger charge is 2.15. The first-order valence-corrected chi connectivity index (χ1v) is 6.95. The lowest BCUT2D eigenvalue weighted by Crippen LogP contribution is -2.31. The molecular formula is C15H26N2O. The minimum Gasteiger partial charge on any atom is -0.392 e. The minimum atomic E-state index is -0.256. The van der Waals surface area contributed by atoms with Crippen molar-refractivity contribution in [3.63, 3.8) is 0 Å². The van der Waals surface area contributed by atoms with Gasteiger partial charge in [0.1, 0.15) is 0 Å². The first kappa shape index (κ1) is 15.1. The molecule has 102 valence electrons. The van der Waals surface area contributed by atoms with Crippen LogP contribution < -0.4 is 5.32 Å². The van der Waals surface area contributed by atoms with Gasteiger partial charge in [-0.2, -0.15) is 0 Å². The number of aliphatic hydroxyl groups excluding tert-OH is 1. The molecule has 3 nitrogen and oxygen atoms in total. The number of nitrogens with one attached hydrogen (secondary N) is 1. The third-order valence-corrected chi connectivity index (χ3v) is 2.97. The van der Waals surface area contributed by atoms with Crippen molar-refractivity contribution in [2.75, 3.05) is 6.54 Å². The smallest absolute Gasteiger partial charge is 0.0664 e. The predicted molar refractivity (Wildman–Crippen MR) is 75.4 cm³/mol. The molecule has 2 atom stereocenters. The van der Waals surface area contributed by atoms with E-state index in [0.29, 0.717) is 12.5 Å². The summed E-state index contributed by atoms with van der Waals surface area (Å²) >= 11 is 0. The Morgan fingerprint density at radius 3 is 2.67 bits per heavy atom. The second-order valence-corrected chi connectivity index (χ2v) is 5.29. The SMILES string of the molecule is CCCC(O)CNC(CC(C)C)c1ccccn1. The first-order chi connectivity index (χ1) is 8.63. The molecule has 1 aromatic rings. The Labute approximate surface area is 111 Å². The van der Waals surface area contributed by atoms with Crippen molar-refractivity contribution in [1.82, 2.24) is 10.3 Å².